The maximum atomic E-state index is 12.6. The van der Waals surface area contributed by atoms with Crippen molar-refractivity contribution in [1.29, 1.82) is 0 Å². The molecule has 0 radical (unpaired) electrons. The standard InChI is InChI=1S/C13H21N3O2S/c1-8(2)16(6-7-17)13(18)11-9(3)14-10(4)15-12(11)19-5/h8,17H,6-7H2,1-5H3. The second kappa shape index (κ2) is 6.86. The van der Waals surface area contributed by atoms with Crippen LogP contribution in [0, 0.1) is 13.8 Å². The van der Waals surface area contributed by atoms with Crippen LogP contribution in [0.15, 0.2) is 5.03 Å². The Morgan fingerprint density at radius 1 is 1.37 bits per heavy atom. The van der Waals surface area contributed by atoms with Gasteiger partial charge in [0.25, 0.3) is 5.91 Å². The molecule has 106 valence electrons. The van der Waals surface area contributed by atoms with E-state index >= 15 is 0 Å². The van der Waals surface area contributed by atoms with Crippen LogP contribution in [0.5, 0.6) is 0 Å². The summed E-state index contributed by atoms with van der Waals surface area (Å²) in [5.74, 6) is 0.544. The lowest BCUT2D eigenvalue weighted by atomic mass is 10.2. The smallest absolute Gasteiger partial charge is 0.258 e. The highest BCUT2D eigenvalue weighted by Gasteiger charge is 2.24. The van der Waals surface area contributed by atoms with Gasteiger partial charge in [0.1, 0.15) is 10.9 Å². The zero-order valence-electron chi connectivity index (χ0n) is 12.1. The van der Waals surface area contributed by atoms with Gasteiger partial charge in [0.05, 0.1) is 17.9 Å². The van der Waals surface area contributed by atoms with Gasteiger partial charge in [-0.25, -0.2) is 9.97 Å². The quantitative estimate of drug-likeness (QED) is 0.657. The first-order valence-corrected chi connectivity index (χ1v) is 7.45. The first-order valence-electron chi connectivity index (χ1n) is 6.23. The molecule has 0 aliphatic rings. The van der Waals surface area contributed by atoms with Gasteiger partial charge in [0.15, 0.2) is 0 Å². The normalized spacial score (nSPS) is 10.9. The molecule has 0 aliphatic heterocycles. The van der Waals surface area contributed by atoms with Crippen molar-refractivity contribution in [1.82, 2.24) is 14.9 Å². The Morgan fingerprint density at radius 3 is 2.47 bits per heavy atom. The molecule has 6 heteroatoms. The Bertz CT molecular complexity index is 463. The van der Waals surface area contributed by atoms with Crippen LogP contribution in [0.4, 0.5) is 0 Å². The summed E-state index contributed by atoms with van der Waals surface area (Å²) in [6.07, 6.45) is 1.89. The van der Waals surface area contributed by atoms with E-state index in [9.17, 15) is 4.79 Å². The molecule has 1 aromatic heterocycles. The Balaban J connectivity index is 3.24. The summed E-state index contributed by atoms with van der Waals surface area (Å²) >= 11 is 1.44. The average molecular weight is 283 g/mol. The van der Waals surface area contributed by atoms with Crippen LogP contribution in [-0.4, -0.2) is 51.3 Å². The summed E-state index contributed by atoms with van der Waals surface area (Å²) in [7, 11) is 0. The minimum absolute atomic E-state index is 0.0232. The number of carbonyl (C=O) groups is 1. The molecule has 5 nitrogen and oxygen atoms in total. The molecule has 1 N–H and O–H groups in total. The first kappa shape index (κ1) is 15.9. The van der Waals surface area contributed by atoms with Crippen molar-refractivity contribution in [2.75, 3.05) is 19.4 Å². The molecule has 1 rings (SSSR count). The van der Waals surface area contributed by atoms with E-state index in [0.29, 0.717) is 28.7 Å². The number of amides is 1. The van der Waals surface area contributed by atoms with Gasteiger partial charge in [-0.1, -0.05) is 0 Å². The number of rotatable bonds is 5. The van der Waals surface area contributed by atoms with Crippen molar-refractivity contribution >= 4 is 17.7 Å². The molecule has 0 unspecified atom stereocenters. The van der Waals surface area contributed by atoms with Gasteiger partial charge in [-0.3, -0.25) is 4.79 Å². The van der Waals surface area contributed by atoms with Gasteiger partial charge in [0, 0.05) is 12.6 Å². The zero-order chi connectivity index (χ0) is 14.6. The van der Waals surface area contributed by atoms with Gasteiger partial charge in [-0.2, -0.15) is 0 Å². The van der Waals surface area contributed by atoms with Crippen LogP contribution in [0.25, 0.3) is 0 Å². The molecule has 0 aromatic carbocycles. The molecule has 1 amide bonds. The average Bonchev–Trinajstić information content (AvgIpc) is 2.33. The number of nitrogens with zero attached hydrogens (tertiary/aromatic N) is 3. The lowest BCUT2D eigenvalue weighted by molar-refractivity contribution is 0.0659. The van der Waals surface area contributed by atoms with Crippen molar-refractivity contribution in [3.05, 3.63) is 17.1 Å². The van der Waals surface area contributed by atoms with Gasteiger partial charge < -0.3 is 10.0 Å². The van der Waals surface area contributed by atoms with E-state index in [-0.39, 0.29) is 18.6 Å². The highest BCUT2D eigenvalue weighted by atomic mass is 32.2. The fraction of sp³-hybridized carbons (Fsp3) is 0.615. The minimum Gasteiger partial charge on any atom is -0.395 e. The molecular weight excluding hydrogens is 262 g/mol. The summed E-state index contributed by atoms with van der Waals surface area (Å²) in [6.45, 7) is 7.75. The lowest BCUT2D eigenvalue weighted by Crippen LogP contribution is -2.39. The summed E-state index contributed by atoms with van der Waals surface area (Å²) in [6, 6.07) is 0.0232. The Hall–Kier alpha value is -1.14. The van der Waals surface area contributed by atoms with E-state index in [2.05, 4.69) is 9.97 Å². The molecule has 0 aliphatic carbocycles. The highest BCUT2D eigenvalue weighted by molar-refractivity contribution is 7.98. The minimum atomic E-state index is -0.120. The van der Waals surface area contributed by atoms with Crippen LogP contribution < -0.4 is 0 Å². The molecule has 0 atom stereocenters. The number of aliphatic hydroxyl groups excluding tert-OH is 1. The third-order valence-corrected chi connectivity index (χ3v) is 3.48. The molecule has 0 spiro atoms. The Morgan fingerprint density at radius 2 is 2.00 bits per heavy atom. The second-order valence-electron chi connectivity index (χ2n) is 4.56. The molecule has 19 heavy (non-hydrogen) atoms. The number of carbonyl (C=O) groups excluding carboxylic acids is 1. The monoisotopic (exact) mass is 283 g/mol. The number of aromatic nitrogens is 2. The maximum absolute atomic E-state index is 12.6. The Labute approximate surface area is 118 Å². The summed E-state index contributed by atoms with van der Waals surface area (Å²) < 4.78 is 0. The molecular formula is C13H21N3O2S. The highest BCUT2D eigenvalue weighted by Crippen LogP contribution is 2.22. The van der Waals surface area contributed by atoms with Crippen LogP contribution in [0.1, 0.15) is 35.7 Å². The first-order chi connectivity index (χ1) is 8.92. The topological polar surface area (TPSA) is 66.3 Å². The molecule has 0 saturated heterocycles. The van der Waals surface area contributed by atoms with Crippen molar-refractivity contribution < 1.29 is 9.90 Å². The van der Waals surface area contributed by atoms with Gasteiger partial charge in [0.2, 0.25) is 0 Å². The molecule has 0 fully saturated rings. The second-order valence-corrected chi connectivity index (χ2v) is 5.35. The number of thioether (sulfide) groups is 1. The van der Waals surface area contributed by atoms with Crippen molar-refractivity contribution in [3.63, 3.8) is 0 Å². The summed E-state index contributed by atoms with van der Waals surface area (Å²) in [5.41, 5.74) is 1.23. The SMILES string of the molecule is CSc1nc(C)nc(C)c1C(=O)N(CCO)C(C)C. The van der Waals surface area contributed by atoms with Crippen LogP contribution in [0.3, 0.4) is 0 Å². The van der Waals surface area contributed by atoms with E-state index in [4.69, 9.17) is 5.11 Å². The third-order valence-electron chi connectivity index (χ3n) is 2.80. The van der Waals surface area contributed by atoms with Gasteiger partial charge in [-0.05, 0) is 34.0 Å². The molecule has 0 saturated carbocycles. The van der Waals surface area contributed by atoms with Crippen molar-refractivity contribution in [3.8, 4) is 0 Å². The van der Waals surface area contributed by atoms with Crippen molar-refractivity contribution in [2.45, 2.75) is 38.8 Å². The number of hydrogen-bond acceptors (Lipinski definition) is 5. The number of aliphatic hydroxyl groups is 1. The van der Waals surface area contributed by atoms with E-state index in [1.165, 1.54) is 11.8 Å². The molecule has 1 aromatic rings. The zero-order valence-corrected chi connectivity index (χ0v) is 12.9. The van der Waals surface area contributed by atoms with E-state index < -0.39 is 0 Å². The number of aryl methyl sites for hydroxylation is 2. The van der Waals surface area contributed by atoms with Crippen LogP contribution in [-0.2, 0) is 0 Å². The van der Waals surface area contributed by atoms with E-state index in [0.717, 1.165) is 0 Å². The lowest BCUT2D eigenvalue weighted by Gasteiger charge is -2.27. The largest absolute Gasteiger partial charge is 0.395 e. The number of hydrogen-bond donors (Lipinski definition) is 1. The molecule has 1 heterocycles. The van der Waals surface area contributed by atoms with E-state index in [1.54, 1.807) is 4.90 Å². The predicted octanol–water partition coefficient (Wildman–Crippen LogP) is 1.66. The fourth-order valence-corrected chi connectivity index (χ4v) is 2.58. The maximum Gasteiger partial charge on any atom is 0.258 e. The molecule has 0 bridgehead atoms. The van der Waals surface area contributed by atoms with Crippen molar-refractivity contribution in [2.24, 2.45) is 0 Å². The summed E-state index contributed by atoms with van der Waals surface area (Å²) in [4.78, 5) is 22.8. The predicted molar refractivity (Wildman–Crippen MR) is 76.5 cm³/mol. The Kier molecular flexibility index (Phi) is 5.75. The van der Waals surface area contributed by atoms with Gasteiger partial charge in [-0.15, -0.1) is 11.8 Å². The van der Waals surface area contributed by atoms with Crippen LogP contribution >= 0.6 is 11.8 Å². The summed E-state index contributed by atoms with van der Waals surface area (Å²) in [5, 5.41) is 9.78. The van der Waals surface area contributed by atoms with Crippen LogP contribution in [0.2, 0.25) is 0 Å². The van der Waals surface area contributed by atoms with Gasteiger partial charge >= 0.3 is 0 Å². The third kappa shape index (κ3) is 3.67. The van der Waals surface area contributed by atoms with E-state index in [1.807, 2.05) is 34.0 Å². The fourth-order valence-electron chi connectivity index (χ4n) is 1.92.